The van der Waals surface area contributed by atoms with E-state index in [1.54, 1.807) is 0 Å². The fourth-order valence-corrected chi connectivity index (χ4v) is 7.71. The number of fused-ring (bicyclic) bond motifs is 7. The Bertz CT molecular complexity index is 2580. The molecule has 0 spiro atoms. The van der Waals surface area contributed by atoms with Gasteiger partial charge < -0.3 is 9.13 Å². The average Bonchev–Trinajstić information content (AvgIpc) is 3.76. The molecule has 0 aliphatic heterocycles. The maximum Gasteiger partial charge on any atom is 0.0541 e. The largest absolute Gasteiger partial charge is 0.313 e. The van der Waals surface area contributed by atoms with Crippen molar-refractivity contribution >= 4 is 60.8 Å². The van der Waals surface area contributed by atoms with Crippen LogP contribution in [0.2, 0.25) is 0 Å². The number of para-hydroxylation sites is 2. The van der Waals surface area contributed by atoms with E-state index in [2.05, 4.69) is 168 Å². The first-order valence-corrected chi connectivity index (χ1v) is 19.5. The summed E-state index contributed by atoms with van der Waals surface area (Å²) >= 11 is 0. The zero-order valence-electron chi connectivity index (χ0n) is 32.4. The normalized spacial score (nSPS) is 12.2. The second-order valence-electron chi connectivity index (χ2n) is 12.5. The first kappa shape index (κ1) is 36.9. The van der Waals surface area contributed by atoms with E-state index >= 15 is 0 Å². The number of hydrogen-bond acceptors (Lipinski definition) is 0. The highest BCUT2D eigenvalue weighted by atomic mass is 15.0. The van der Waals surface area contributed by atoms with Crippen LogP contribution < -0.4 is 0 Å². The number of aromatic nitrogens is 2. The molecule has 8 aromatic rings. The summed E-state index contributed by atoms with van der Waals surface area (Å²) in [6.45, 7) is 18.1. The van der Waals surface area contributed by atoms with Crippen LogP contribution in [0.3, 0.4) is 0 Å². The van der Waals surface area contributed by atoms with Gasteiger partial charge in [-0.3, -0.25) is 0 Å². The van der Waals surface area contributed by atoms with E-state index < -0.39 is 0 Å². The predicted octanol–water partition coefficient (Wildman–Crippen LogP) is 15.2. The second-order valence-corrected chi connectivity index (χ2v) is 12.5. The second kappa shape index (κ2) is 16.7. The van der Waals surface area contributed by atoms with E-state index in [0.29, 0.717) is 0 Å². The molecule has 0 amide bonds. The molecule has 2 heterocycles. The molecule has 0 radical (unpaired) electrons. The molecule has 0 fully saturated rings. The van der Waals surface area contributed by atoms with Crippen molar-refractivity contribution in [3.63, 3.8) is 0 Å². The number of benzene rings is 6. The first-order valence-electron chi connectivity index (χ1n) is 19.5. The van der Waals surface area contributed by atoms with Crippen molar-refractivity contribution in [3.05, 3.63) is 169 Å². The van der Waals surface area contributed by atoms with E-state index in [-0.39, 0.29) is 0 Å². The number of allylic oxidation sites excluding steroid dienone is 4. The third-order valence-electron chi connectivity index (χ3n) is 9.98. The molecule has 1 aliphatic carbocycles. The molecule has 53 heavy (non-hydrogen) atoms. The van der Waals surface area contributed by atoms with Gasteiger partial charge in [-0.05, 0) is 101 Å². The molecule has 1 aliphatic rings. The van der Waals surface area contributed by atoms with Crippen molar-refractivity contribution < 1.29 is 0 Å². The van der Waals surface area contributed by atoms with E-state index in [9.17, 15) is 0 Å². The minimum Gasteiger partial charge on any atom is -0.313 e. The third-order valence-corrected chi connectivity index (χ3v) is 9.98. The van der Waals surface area contributed by atoms with E-state index in [1.165, 1.54) is 82.7 Å². The van der Waals surface area contributed by atoms with Crippen LogP contribution in [0, 0.1) is 0 Å². The van der Waals surface area contributed by atoms with Gasteiger partial charge in [0, 0.05) is 38.8 Å². The van der Waals surface area contributed by atoms with Gasteiger partial charge in [0.2, 0.25) is 0 Å². The maximum absolute atomic E-state index is 4.07. The van der Waals surface area contributed by atoms with E-state index in [1.807, 2.05) is 47.6 Å². The van der Waals surface area contributed by atoms with Gasteiger partial charge in [-0.1, -0.05) is 151 Å². The highest BCUT2D eigenvalue weighted by Gasteiger charge is 2.22. The average molecular weight is 693 g/mol. The quantitative estimate of drug-likeness (QED) is 0.159. The molecule has 0 saturated carbocycles. The van der Waals surface area contributed by atoms with Crippen LogP contribution in [0.1, 0.15) is 71.7 Å². The summed E-state index contributed by atoms with van der Waals surface area (Å²) in [5.74, 6) is 0. The Balaban J connectivity index is 0.000000764. The monoisotopic (exact) mass is 692 g/mol. The molecule has 0 bridgehead atoms. The Labute approximate surface area is 316 Å². The molecule has 266 valence electrons. The Morgan fingerprint density at radius 1 is 0.547 bits per heavy atom. The molecule has 6 aromatic carbocycles. The molecular formula is C51H52N2. The van der Waals surface area contributed by atoms with Crippen LogP contribution >= 0.6 is 0 Å². The van der Waals surface area contributed by atoms with Gasteiger partial charge in [0.05, 0.1) is 16.6 Å². The van der Waals surface area contributed by atoms with Crippen molar-refractivity contribution in [3.8, 4) is 16.8 Å². The fourth-order valence-electron chi connectivity index (χ4n) is 7.71. The molecule has 2 heteroatoms. The minimum atomic E-state index is 1.00. The number of nitrogens with zero attached hydrogens (tertiary/aromatic N) is 2. The number of rotatable bonds is 5. The van der Waals surface area contributed by atoms with Crippen molar-refractivity contribution in [2.75, 3.05) is 0 Å². The van der Waals surface area contributed by atoms with Gasteiger partial charge in [-0.2, -0.15) is 0 Å². The standard InChI is InChI=1S/C45H34N2.3C2H6/c1-3-36(4-2)46-42-15-9-7-13-38(42)40-28-34(22-25-44(40)46)31-17-19-32(20-18-31)35-23-26-45-41(29-35)39-14-8-10-16-43(39)47(45)37-24-21-30-11-5-6-12-33(30)27-37;3*1-2/h3-22,24-25,27-29H,1,23,26H2,2H3;3*1-2H3/b36-4+;;;. The lowest BCUT2D eigenvalue weighted by molar-refractivity contribution is 0.899. The molecule has 0 unspecified atom stereocenters. The molecule has 9 rings (SSSR count). The summed E-state index contributed by atoms with van der Waals surface area (Å²) in [4.78, 5) is 0. The molecule has 0 N–H and O–H groups in total. The van der Waals surface area contributed by atoms with E-state index in [0.717, 1.165) is 18.5 Å². The summed E-state index contributed by atoms with van der Waals surface area (Å²) in [7, 11) is 0. The van der Waals surface area contributed by atoms with Gasteiger partial charge in [0.1, 0.15) is 0 Å². The van der Waals surface area contributed by atoms with Crippen molar-refractivity contribution in [2.45, 2.75) is 61.3 Å². The van der Waals surface area contributed by atoms with Crippen LogP contribution in [0.4, 0.5) is 0 Å². The smallest absolute Gasteiger partial charge is 0.0541 e. The van der Waals surface area contributed by atoms with Crippen molar-refractivity contribution in [1.29, 1.82) is 0 Å². The first-order chi connectivity index (χ1) is 26.2. The topological polar surface area (TPSA) is 9.86 Å². The summed E-state index contributed by atoms with van der Waals surface area (Å²) < 4.78 is 4.79. The summed E-state index contributed by atoms with van der Waals surface area (Å²) in [5.41, 5.74) is 13.9. The summed E-state index contributed by atoms with van der Waals surface area (Å²) in [6.07, 6.45) is 8.51. The van der Waals surface area contributed by atoms with Crippen LogP contribution in [-0.4, -0.2) is 9.13 Å². The minimum absolute atomic E-state index is 1.00. The van der Waals surface area contributed by atoms with Crippen LogP contribution in [0.15, 0.2) is 152 Å². The third kappa shape index (κ3) is 6.66. The lowest BCUT2D eigenvalue weighted by atomic mass is 9.90. The molecule has 0 saturated heterocycles. The summed E-state index contributed by atoms with van der Waals surface area (Å²) in [6, 6.07) is 49.0. The van der Waals surface area contributed by atoms with Gasteiger partial charge in [-0.25, -0.2) is 0 Å². The Morgan fingerprint density at radius 2 is 1.15 bits per heavy atom. The van der Waals surface area contributed by atoms with Crippen LogP contribution in [0.5, 0.6) is 0 Å². The molecule has 2 aromatic heterocycles. The van der Waals surface area contributed by atoms with Gasteiger partial charge in [0.15, 0.2) is 0 Å². The fraction of sp³-hybridized carbons (Fsp3) is 0.176. The highest BCUT2D eigenvalue weighted by molar-refractivity contribution is 6.11. The Morgan fingerprint density at radius 3 is 1.87 bits per heavy atom. The zero-order valence-corrected chi connectivity index (χ0v) is 32.4. The van der Waals surface area contributed by atoms with Gasteiger partial charge >= 0.3 is 0 Å². The highest BCUT2D eigenvalue weighted by Crippen LogP contribution is 2.40. The predicted molar refractivity (Wildman–Crippen MR) is 236 cm³/mol. The molecule has 0 atom stereocenters. The maximum atomic E-state index is 4.07. The molecule has 2 nitrogen and oxygen atoms in total. The summed E-state index contributed by atoms with van der Waals surface area (Å²) in [5, 5.41) is 6.37. The van der Waals surface area contributed by atoms with E-state index in [4.69, 9.17) is 0 Å². The van der Waals surface area contributed by atoms with Gasteiger partial charge in [-0.15, -0.1) is 0 Å². The lowest BCUT2D eigenvalue weighted by Crippen LogP contribution is -2.05. The van der Waals surface area contributed by atoms with Crippen LogP contribution in [0.25, 0.3) is 77.6 Å². The van der Waals surface area contributed by atoms with Crippen LogP contribution in [-0.2, 0) is 6.42 Å². The Kier molecular flexibility index (Phi) is 11.6. The van der Waals surface area contributed by atoms with Gasteiger partial charge in [0.25, 0.3) is 0 Å². The zero-order chi connectivity index (χ0) is 37.5. The lowest BCUT2D eigenvalue weighted by Gasteiger charge is -2.18. The molecular weight excluding hydrogens is 641 g/mol. The van der Waals surface area contributed by atoms with Crippen molar-refractivity contribution in [2.24, 2.45) is 0 Å². The number of hydrogen-bond donors (Lipinski definition) is 0. The van der Waals surface area contributed by atoms with Crippen molar-refractivity contribution in [1.82, 2.24) is 9.13 Å². The Hall–Kier alpha value is -5.86. The SMILES string of the molecule is C=C/C(=C\C)n1c2ccccc2c2cc(-c3ccc(C4=Cc5c(n(-c6ccc7ccccc7c6)c6ccccc56)CC4)cc3)ccc21.CC.CC.CC.